The van der Waals surface area contributed by atoms with Crippen molar-refractivity contribution in [3.63, 3.8) is 0 Å². The van der Waals surface area contributed by atoms with Crippen LogP contribution in [0.15, 0.2) is 24.3 Å². The van der Waals surface area contributed by atoms with Gasteiger partial charge in [-0.1, -0.05) is 39.8 Å². The number of fused-ring (bicyclic) bond motifs is 1. The van der Waals surface area contributed by atoms with Crippen LogP contribution in [0.4, 0.5) is 0 Å². The van der Waals surface area contributed by atoms with Crippen LogP contribution >= 0.6 is 0 Å². The Morgan fingerprint density at radius 1 is 1.24 bits per heavy atom. The molecule has 1 fully saturated rings. The van der Waals surface area contributed by atoms with Crippen molar-refractivity contribution in [1.29, 1.82) is 0 Å². The first-order valence-electron chi connectivity index (χ1n) is 13.2. The third-order valence-corrected chi connectivity index (χ3v) is 6.99. The molecule has 206 valence electrons. The van der Waals surface area contributed by atoms with Crippen LogP contribution in [-0.4, -0.2) is 73.1 Å². The van der Waals surface area contributed by atoms with E-state index in [2.05, 4.69) is 19.9 Å². The lowest BCUT2D eigenvalue weighted by atomic mass is 9.77. The zero-order chi connectivity index (χ0) is 27.2. The number of carboxylic acid groups (broad SMARTS) is 1. The van der Waals surface area contributed by atoms with Gasteiger partial charge in [0.25, 0.3) is 5.91 Å². The number of carboxylic acids is 1. The molecule has 1 saturated heterocycles. The number of carbonyl (C=O) groups excluding carboxylic acids is 1. The van der Waals surface area contributed by atoms with Crippen molar-refractivity contribution >= 4 is 11.9 Å². The highest BCUT2D eigenvalue weighted by Gasteiger charge is 2.49. The summed E-state index contributed by atoms with van der Waals surface area (Å²) in [5, 5.41) is 11.9. The molecule has 9 heteroatoms. The maximum Gasteiger partial charge on any atom is 0.308 e. The first-order chi connectivity index (χ1) is 17.6. The highest BCUT2D eigenvalue weighted by molar-refractivity contribution is 5.78. The summed E-state index contributed by atoms with van der Waals surface area (Å²) in [5.74, 6) is -0.549. The van der Waals surface area contributed by atoms with Crippen LogP contribution < -0.4 is 14.2 Å². The molecule has 3 rings (SSSR count). The second-order valence-electron chi connectivity index (χ2n) is 10.4. The summed E-state index contributed by atoms with van der Waals surface area (Å²) < 4.78 is 16.7. The number of hydroxylamine groups is 2. The van der Waals surface area contributed by atoms with Crippen LogP contribution in [0, 0.1) is 11.3 Å². The molecule has 37 heavy (non-hydrogen) atoms. The molecule has 0 bridgehead atoms. The number of benzene rings is 1. The topological polar surface area (TPSA) is 97.8 Å². The van der Waals surface area contributed by atoms with Gasteiger partial charge in [0.2, 0.25) is 12.5 Å². The Balaban J connectivity index is 1.98. The molecule has 0 saturated carbocycles. The third kappa shape index (κ3) is 6.76. The molecule has 1 aromatic rings. The molecule has 0 spiro atoms. The first-order valence-corrected chi connectivity index (χ1v) is 13.2. The Hall–Kier alpha value is -2.78. The first kappa shape index (κ1) is 28.8. The molecule has 2 heterocycles. The Labute approximate surface area is 220 Å². The van der Waals surface area contributed by atoms with E-state index in [9.17, 15) is 14.7 Å². The molecule has 0 unspecified atom stereocenters. The second-order valence-corrected chi connectivity index (χ2v) is 10.4. The van der Waals surface area contributed by atoms with Crippen molar-refractivity contribution in [3.05, 3.63) is 29.8 Å². The molecule has 0 aromatic heterocycles. The number of nitrogens with zero attached hydrogens (tertiary/aromatic N) is 2. The number of amides is 1. The Morgan fingerprint density at radius 3 is 2.62 bits per heavy atom. The average Bonchev–Trinajstić information content (AvgIpc) is 3.45. The lowest BCUT2D eigenvalue weighted by Crippen LogP contribution is -2.45. The number of hydrogen-bond acceptors (Lipinski definition) is 7. The van der Waals surface area contributed by atoms with Crippen molar-refractivity contribution in [3.8, 4) is 17.2 Å². The Bertz CT molecular complexity index is 978. The highest BCUT2D eigenvalue weighted by atomic mass is 16.7. The summed E-state index contributed by atoms with van der Waals surface area (Å²) in [7, 11) is 1.55. The summed E-state index contributed by atoms with van der Waals surface area (Å²) >= 11 is 0. The van der Waals surface area contributed by atoms with Gasteiger partial charge in [0.15, 0.2) is 11.5 Å². The SMILES string of the molecule is C/C=C/C(C)(C)C[C@H]1[C@H](C(=O)O)[C@@H](c2cc(OC)c3c(c2)OCO3)CN1CC(=O)N(CCC)OCCC. The van der Waals surface area contributed by atoms with Crippen molar-refractivity contribution in [2.24, 2.45) is 11.3 Å². The predicted molar refractivity (Wildman–Crippen MR) is 140 cm³/mol. The van der Waals surface area contributed by atoms with Gasteiger partial charge in [-0.2, -0.15) is 0 Å². The monoisotopic (exact) mass is 518 g/mol. The number of aliphatic carboxylic acids is 1. The molecule has 0 aliphatic carbocycles. The van der Waals surface area contributed by atoms with Gasteiger partial charge >= 0.3 is 5.97 Å². The standard InChI is InChI=1S/C28H42N2O7/c1-7-10-28(4,5)15-21-25(27(32)33)20(19-13-22(34-6)26-23(14-19)35-18-36-26)16-29(21)17-24(31)30(11-8-2)37-12-9-3/h7,10,13-14,20-21,25H,8-9,11-12,15-18H2,1-6H3,(H,32,33)/b10-7+/t20-,21+,25-/m1/s1. The van der Waals surface area contributed by atoms with Gasteiger partial charge in [-0.3, -0.25) is 19.3 Å². The summed E-state index contributed by atoms with van der Waals surface area (Å²) in [6.07, 6.45) is 6.24. The zero-order valence-electron chi connectivity index (χ0n) is 23.0. The van der Waals surface area contributed by atoms with Crippen molar-refractivity contribution in [1.82, 2.24) is 9.96 Å². The number of hydrogen-bond donors (Lipinski definition) is 1. The number of allylic oxidation sites excluding steroid dienone is 2. The third-order valence-electron chi connectivity index (χ3n) is 6.99. The predicted octanol–water partition coefficient (Wildman–Crippen LogP) is 4.47. The van der Waals surface area contributed by atoms with E-state index in [1.807, 2.05) is 43.9 Å². The lowest BCUT2D eigenvalue weighted by molar-refractivity contribution is -0.188. The van der Waals surface area contributed by atoms with E-state index in [0.717, 1.165) is 18.4 Å². The quantitative estimate of drug-likeness (QED) is 0.302. The molecular formula is C28H42N2O7. The molecule has 9 nitrogen and oxygen atoms in total. The summed E-state index contributed by atoms with van der Waals surface area (Å²) in [4.78, 5) is 33.9. The summed E-state index contributed by atoms with van der Waals surface area (Å²) in [5.41, 5.74) is 0.544. The minimum Gasteiger partial charge on any atom is -0.493 e. The van der Waals surface area contributed by atoms with Crippen LogP contribution in [-0.2, 0) is 14.4 Å². The van der Waals surface area contributed by atoms with Gasteiger partial charge in [-0.05, 0) is 49.3 Å². The molecule has 1 N–H and O–H groups in total. The van der Waals surface area contributed by atoms with E-state index in [1.54, 1.807) is 7.11 Å². The number of carbonyl (C=O) groups is 2. The normalized spacial score (nSPS) is 21.5. The maximum atomic E-state index is 13.3. The van der Waals surface area contributed by atoms with Gasteiger partial charge < -0.3 is 19.3 Å². The van der Waals surface area contributed by atoms with E-state index in [0.29, 0.717) is 43.4 Å². The van der Waals surface area contributed by atoms with Crippen LogP contribution in [0.3, 0.4) is 0 Å². The molecule has 2 aliphatic rings. The van der Waals surface area contributed by atoms with E-state index >= 15 is 0 Å². The van der Waals surface area contributed by atoms with E-state index in [4.69, 9.17) is 19.0 Å². The minimum atomic E-state index is -0.884. The van der Waals surface area contributed by atoms with E-state index in [1.165, 1.54) is 5.06 Å². The van der Waals surface area contributed by atoms with Crippen molar-refractivity contribution < 1.29 is 33.7 Å². The largest absolute Gasteiger partial charge is 0.493 e. The van der Waals surface area contributed by atoms with E-state index < -0.39 is 11.9 Å². The summed E-state index contributed by atoms with van der Waals surface area (Å²) in [6, 6.07) is 3.32. The van der Waals surface area contributed by atoms with Gasteiger partial charge in [0.05, 0.1) is 26.2 Å². The van der Waals surface area contributed by atoms with Gasteiger partial charge in [-0.15, -0.1) is 0 Å². The fourth-order valence-corrected chi connectivity index (χ4v) is 5.42. The molecule has 1 amide bonds. The van der Waals surface area contributed by atoms with Gasteiger partial charge in [0, 0.05) is 25.0 Å². The Morgan fingerprint density at radius 2 is 2.00 bits per heavy atom. The lowest BCUT2D eigenvalue weighted by Gasteiger charge is -2.33. The highest BCUT2D eigenvalue weighted by Crippen LogP contribution is 2.48. The summed E-state index contributed by atoms with van der Waals surface area (Å²) in [6.45, 7) is 11.7. The van der Waals surface area contributed by atoms with E-state index in [-0.39, 0.29) is 36.6 Å². The minimum absolute atomic E-state index is 0.0856. The number of rotatable bonds is 13. The number of likely N-dealkylation sites (tertiary alicyclic amines) is 1. The van der Waals surface area contributed by atoms with Crippen molar-refractivity contribution in [2.75, 3.05) is 40.1 Å². The van der Waals surface area contributed by atoms with Crippen molar-refractivity contribution in [2.45, 2.75) is 65.8 Å². The van der Waals surface area contributed by atoms with Crippen LogP contribution in [0.25, 0.3) is 0 Å². The molecule has 0 radical (unpaired) electrons. The number of ether oxygens (including phenoxy) is 3. The van der Waals surface area contributed by atoms with Crippen LogP contribution in [0.2, 0.25) is 0 Å². The fourth-order valence-electron chi connectivity index (χ4n) is 5.42. The zero-order valence-corrected chi connectivity index (χ0v) is 23.0. The molecular weight excluding hydrogens is 476 g/mol. The van der Waals surface area contributed by atoms with Gasteiger partial charge in [0.1, 0.15) is 0 Å². The smallest absolute Gasteiger partial charge is 0.308 e. The molecule has 1 aromatic carbocycles. The number of methoxy groups -OCH3 is 1. The molecule has 3 atom stereocenters. The van der Waals surface area contributed by atoms with Gasteiger partial charge in [-0.25, -0.2) is 5.06 Å². The van der Waals surface area contributed by atoms with Crippen LogP contribution in [0.1, 0.15) is 65.4 Å². The fraction of sp³-hybridized carbons (Fsp3) is 0.643. The Kier molecular flexibility index (Phi) is 9.84. The maximum absolute atomic E-state index is 13.3. The van der Waals surface area contributed by atoms with Crippen LogP contribution in [0.5, 0.6) is 17.2 Å². The average molecular weight is 519 g/mol. The second kappa shape index (κ2) is 12.6. The molecule has 2 aliphatic heterocycles.